The van der Waals surface area contributed by atoms with E-state index in [0.717, 1.165) is 124 Å². The number of hydrogen-bond donors (Lipinski definition) is 0. The van der Waals surface area contributed by atoms with Gasteiger partial charge in [0.25, 0.3) is 0 Å². The summed E-state index contributed by atoms with van der Waals surface area (Å²) in [7, 11) is 0. The van der Waals surface area contributed by atoms with Gasteiger partial charge in [-0.25, -0.2) is 9.97 Å². The number of aromatic nitrogens is 6. The smallest absolute Gasteiger partial charge is 0.113 e. The molecule has 10 aliphatic heterocycles. The maximum Gasteiger partial charge on any atom is 0.113 e. The van der Waals surface area contributed by atoms with Crippen molar-refractivity contribution in [3.05, 3.63) is 390 Å². The molecule has 6 heteroatoms. The Bertz CT molecular complexity index is 6060. The largest absolute Gasteiger partial charge is 0.256 e. The molecule has 0 amide bonds. The van der Waals surface area contributed by atoms with Crippen molar-refractivity contribution >= 4 is 0 Å². The molecule has 492 valence electrons. The lowest BCUT2D eigenvalue weighted by atomic mass is 10.1. The van der Waals surface area contributed by atoms with E-state index in [0.29, 0.717) is 75.6 Å². The molecule has 0 radical (unpaired) electrons. The van der Waals surface area contributed by atoms with E-state index in [4.69, 9.17) is 29.9 Å². The molecule has 12 aromatic rings. The number of rotatable bonds is 0. The van der Waals surface area contributed by atoms with Crippen LogP contribution in [0.3, 0.4) is 0 Å². The van der Waals surface area contributed by atoms with Crippen molar-refractivity contribution in [3.63, 3.8) is 0 Å². The predicted octanol–water partition coefficient (Wildman–Crippen LogP) is 15.1. The lowest BCUT2D eigenvalue weighted by Gasteiger charge is -1.99. The summed E-state index contributed by atoms with van der Waals surface area (Å²) in [5, 5.41) is 0. The molecule has 22 rings (SSSR count). The molecule has 6 aromatic heterocycles. The second-order valence-electron chi connectivity index (χ2n) is 24.3. The SMILES string of the molecule is C1#Cc2ccc(cc2)C#CCc2cccc(n2)CC#Cc2ccc(cc2)C#CCc2cccc(n2)CC#Cc2ccc(cc2)C#CCc2cccc(n2)CC#Cc2ccc(cc2)C#CCc2cccc(n2)CC#Cc2ccc(cc2)C#Cc2cccc(n2)CC#Cc2ccc(cc2)C#Cc2cccc(n2)C1. The third-order valence-corrected chi connectivity index (χ3v) is 16.1. The molecule has 16 heterocycles. The standard InChI is InChI=1S/C100H62N6/c1-17-77-49-51-78(52-50-77)18-2-29-91-39-12-40-92(102-91)30-4-21-81-57-59-82(60-58-81)22-6-33-95-43-14-44-96(104-95)34-8-25-85-65-69-87(70-66-85)73-76-100-48-16-46-98(106-100)36-10-26-86-67-71-88(72-68-86)74-75-99-47-15-45-97(105-99)35-9-24-84-63-61-83(62-64-84)23-7-32-94-42-13-41-93(103-94)31-5-20-80-55-53-79(54-56-80)19-3-28-90-38-11-37-89(27-1)101-90/h11-16,37-72H,27-36H2. The Labute approximate surface area is 622 Å². The Hall–Kier alpha value is -15.1. The first kappa shape index (κ1) is 69.4. The van der Waals surface area contributed by atoms with Crippen molar-refractivity contribution in [3.8, 4) is 142 Å². The number of hydrogen-bond acceptors (Lipinski definition) is 6. The van der Waals surface area contributed by atoms with Crippen LogP contribution in [0.15, 0.2) is 255 Å². The van der Waals surface area contributed by atoms with Crippen LogP contribution in [0.1, 0.15) is 135 Å². The van der Waals surface area contributed by atoms with Crippen LogP contribution in [0.2, 0.25) is 0 Å². The van der Waals surface area contributed by atoms with Crippen LogP contribution in [-0.4, -0.2) is 29.9 Å². The van der Waals surface area contributed by atoms with Crippen LogP contribution in [0.5, 0.6) is 0 Å². The summed E-state index contributed by atoms with van der Waals surface area (Å²) in [5.74, 6) is 78.5. The first-order chi connectivity index (χ1) is 52.4. The van der Waals surface area contributed by atoms with Gasteiger partial charge in [0.15, 0.2) is 0 Å². The Morgan fingerprint density at radius 3 is 0.425 bits per heavy atom. The average molecular weight is 1350 g/mol. The predicted molar refractivity (Wildman–Crippen MR) is 422 cm³/mol. The highest BCUT2D eigenvalue weighted by Crippen LogP contribution is 2.13. The lowest BCUT2D eigenvalue weighted by molar-refractivity contribution is 1.04. The first-order valence-corrected chi connectivity index (χ1v) is 34.6. The van der Waals surface area contributed by atoms with Crippen LogP contribution in [0, 0.1) is 142 Å². The summed E-state index contributed by atoms with van der Waals surface area (Å²) in [6, 6.07) is 83.4. The van der Waals surface area contributed by atoms with Crippen LogP contribution < -0.4 is 0 Å². The second kappa shape index (κ2) is 36.9. The molecule has 0 N–H and O–H groups in total. The molecule has 0 saturated heterocycles. The molecule has 0 atom stereocenters. The van der Waals surface area contributed by atoms with Crippen LogP contribution >= 0.6 is 0 Å². The minimum atomic E-state index is 0.487. The zero-order valence-corrected chi connectivity index (χ0v) is 58.0. The fourth-order valence-electron chi connectivity index (χ4n) is 10.7. The highest BCUT2D eigenvalue weighted by molar-refractivity contribution is 5.51. The second-order valence-corrected chi connectivity index (χ2v) is 24.3. The van der Waals surface area contributed by atoms with Gasteiger partial charge >= 0.3 is 0 Å². The lowest BCUT2D eigenvalue weighted by Crippen LogP contribution is -1.94. The van der Waals surface area contributed by atoms with E-state index in [-0.39, 0.29) is 0 Å². The minimum Gasteiger partial charge on any atom is -0.256 e. The molecule has 106 heavy (non-hydrogen) atoms. The van der Waals surface area contributed by atoms with Crippen molar-refractivity contribution in [2.75, 3.05) is 0 Å². The number of benzene rings is 6. The van der Waals surface area contributed by atoms with E-state index < -0.39 is 0 Å². The molecule has 6 aromatic carbocycles. The normalized spacial score (nSPS) is 11.8. The van der Waals surface area contributed by atoms with Crippen molar-refractivity contribution in [2.45, 2.75) is 64.2 Å². The Kier molecular flexibility index (Phi) is 24.1. The molecular formula is C100H62N6. The maximum absolute atomic E-state index is 4.83. The van der Waals surface area contributed by atoms with Gasteiger partial charge in [0.05, 0.1) is 121 Å². The van der Waals surface area contributed by atoms with E-state index in [9.17, 15) is 0 Å². The van der Waals surface area contributed by atoms with Gasteiger partial charge in [0, 0.05) is 66.8 Å². The Morgan fingerprint density at radius 2 is 0.264 bits per heavy atom. The van der Waals surface area contributed by atoms with E-state index in [2.05, 4.69) is 142 Å². The fourth-order valence-corrected chi connectivity index (χ4v) is 10.7. The molecule has 0 unspecified atom stereocenters. The average Bonchev–Trinajstić information content (AvgIpc) is 0.936. The van der Waals surface area contributed by atoms with Gasteiger partial charge in [-0.3, -0.25) is 19.9 Å². The topological polar surface area (TPSA) is 77.3 Å². The van der Waals surface area contributed by atoms with Crippen LogP contribution in [0.25, 0.3) is 0 Å². The van der Waals surface area contributed by atoms with Crippen molar-refractivity contribution < 1.29 is 0 Å². The molecule has 0 saturated carbocycles. The van der Waals surface area contributed by atoms with Gasteiger partial charge in [-0.1, -0.05) is 167 Å². The molecule has 10 aliphatic rings. The van der Waals surface area contributed by atoms with Crippen molar-refractivity contribution in [2.24, 2.45) is 0 Å². The van der Waals surface area contributed by atoms with E-state index in [1.54, 1.807) is 0 Å². The summed E-state index contributed by atoms with van der Waals surface area (Å²) in [6.07, 6.45) is 5.17. The van der Waals surface area contributed by atoms with Gasteiger partial charge in [0.2, 0.25) is 0 Å². The molecule has 0 spiro atoms. The van der Waals surface area contributed by atoms with E-state index in [1.807, 2.05) is 255 Å². The summed E-state index contributed by atoms with van der Waals surface area (Å²) in [4.78, 5) is 28.8. The summed E-state index contributed by atoms with van der Waals surface area (Å²) in [6.45, 7) is 0. The third kappa shape index (κ3) is 22.5. The van der Waals surface area contributed by atoms with Gasteiger partial charge in [-0.05, 0) is 230 Å². The van der Waals surface area contributed by atoms with Crippen molar-refractivity contribution in [1.29, 1.82) is 0 Å². The van der Waals surface area contributed by atoms with Gasteiger partial charge in [0.1, 0.15) is 11.4 Å². The van der Waals surface area contributed by atoms with Crippen LogP contribution in [-0.2, 0) is 64.2 Å². The van der Waals surface area contributed by atoms with Gasteiger partial charge < -0.3 is 0 Å². The van der Waals surface area contributed by atoms with Crippen LogP contribution in [0.4, 0.5) is 0 Å². The van der Waals surface area contributed by atoms with E-state index in [1.165, 1.54) is 0 Å². The minimum absolute atomic E-state index is 0.487. The molecule has 0 aliphatic carbocycles. The Balaban J connectivity index is 0.638. The van der Waals surface area contributed by atoms with Gasteiger partial charge in [-0.15, -0.1) is 0 Å². The Morgan fingerprint density at radius 1 is 0.132 bits per heavy atom. The summed E-state index contributed by atoms with van der Waals surface area (Å²) >= 11 is 0. The zero-order chi connectivity index (χ0) is 71.8. The van der Waals surface area contributed by atoms with E-state index >= 15 is 0 Å². The monoisotopic (exact) mass is 1350 g/mol. The highest BCUT2D eigenvalue weighted by atomic mass is 14.7. The molecule has 6 nitrogen and oxygen atoms in total. The third-order valence-electron chi connectivity index (χ3n) is 16.1. The number of pyridine rings is 6. The maximum atomic E-state index is 4.83. The highest BCUT2D eigenvalue weighted by Gasteiger charge is 2.04. The van der Waals surface area contributed by atoms with Gasteiger partial charge in [-0.2, -0.15) is 0 Å². The zero-order valence-electron chi connectivity index (χ0n) is 58.0. The fraction of sp³-hybridized carbons (Fsp3) is 0.100. The van der Waals surface area contributed by atoms with Crippen molar-refractivity contribution in [1.82, 2.24) is 29.9 Å². The number of nitrogens with zero attached hydrogens (tertiary/aromatic N) is 6. The molecular weight excluding hydrogens is 1290 g/mol. The first-order valence-electron chi connectivity index (χ1n) is 34.6. The quantitative estimate of drug-likeness (QED) is 0.141. The summed E-state index contributed by atoms with van der Waals surface area (Å²) < 4.78 is 0. The molecule has 0 fully saturated rings. The summed E-state index contributed by atoms with van der Waals surface area (Å²) in [5.41, 5.74) is 21.1. The molecule has 24 bridgehead atoms.